The molecule has 164 valence electrons. The second kappa shape index (κ2) is 10.4. The van der Waals surface area contributed by atoms with Crippen LogP contribution in [-0.4, -0.2) is 37.7 Å². The van der Waals surface area contributed by atoms with Gasteiger partial charge in [-0.1, -0.05) is 52.2 Å². The molecule has 0 aliphatic rings. The Morgan fingerprint density at radius 1 is 1.13 bits per heavy atom. The van der Waals surface area contributed by atoms with Gasteiger partial charge < -0.3 is 4.74 Å². The second-order valence-corrected chi connectivity index (χ2v) is 10.0. The van der Waals surface area contributed by atoms with E-state index in [9.17, 15) is 13.2 Å². The van der Waals surface area contributed by atoms with E-state index in [2.05, 4.69) is 20.2 Å². The van der Waals surface area contributed by atoms with E-state index >= 15 is 0 Å². The average molecular weight is 501 g/mol. The summed E-state index contributed by atoms with van der Waals surface area (Å²) >= 11 is 13.0. The third-order valence-corrected chi connectivity index (χ3v) is 6.83. The Morgan fingerprint density at radius 2 is 1.87 bits per heavy atom. The largest absolute Gasteiger partial charge is 0.482 e. The molecule has 3 rings (SSSR count). The van der Waals surface area contributed by atoms with Gasteiger partial charge in [-0.2, -0.15) is 0 Å². The van der Waals surface area contributed by atoms with Gasteiger partial charge >= 0.3 is 0 Å². The minimum atomic E-state index is -3.60. The fourth-order valence-corrected chi connectivity index (χ4v) is 4.64. The Morgan fingerprint density at radius 3 is 2.58 bits per heavy atom. The number of hydrogen-bond donors (Lipinski definition) is 2. The highest BCUT2D eigenvalue weighted by Gasteiger charge is 2.14. The van der Waals surface area contributed by atoms with Gasteiger partial charge in [-0.3, -0.25) is 10.1 Å². The van der Waals surface area contributed by atoms with E-state index in [-0.39, 0.29) is 23.2 Å². The van der Waals surface area contributed by atoms with Gasteiger partial charge in [0.25, 0.3) is 5.91 Å². The molecule has 0 fully saturated rings. The van der Waals surface area contributed by atoms with Crippen LogP contribution in [0.15, 0.2) is 47.4 Å². The molecule has 1 aromatic heterocycles. The SMILES string of the molecule is Cc1ccc(S(=O)(=O)NCCc2nnc(NC(=O)COc3ccc(Cl)cc3Cl)s2)cc1. The van der Waals surface area contributed by atoms with Gasteiger partial charge in [-0.05, 0) is 37.3 Å². The van der Waals surface area contributed by atoms with Crippen molar-refractivity contribution >= 4 is 55.6 Å². The van der Waals surface area contributed by atoms with Crippen LogP contribution in [0.25, 0.3) is 0 Å². The first-order valence-corrected chi connectivity index (χ1v) is 12.0. The molecule has 3 aromatic rings. The topological polar surface area (TPSA) is 110 Å². The van der Waals surface area contributed by atoms with Crippen molar-refractivity contribution in [2.75, 3.05) is 18.5 Å². The summed E-state index contributed by atoms with van der Waals surface area (Å²) in [6.45, 7) is 1.76. The Labute approximate surface area is 193 Å². The Balaban J connectivity index is 1.46. The van der Waals surface area contributed by atoms with Gasteiger partial charge in [-0.15, -0.1) is 10.2 Å². The maximum Gasteiger partial charge on any atom is 0.264 e. The first-order chi connectivity index (χ1) is 14.7. The number of halogens is 2. The van der Waals surface area contributed by atoms with Crippen LogP contribution in [0, 0.1) is 6.92 Å². The van der Waals surface area contributed by atoms with Gasteiger partial charge in [0.15, 0.2) is 6.61 Å². The number of anilines is 1. The van der Waals surface area contributed by atoms with Crippen molar-refractivity contribution < 1.29 is 17.9 Å². The molecule has 12 heteroatoms. The van der Waals surface area contributed by atoms with Gasteiger partial charge in [0.2, 0.25) is 15.2 Å². The zero-order valence-corrected chi connectivity index (χ0v) is 19.4. The lowest BCUT2D eigenvalue weighted by atomic mass is 10.2. The Hall–Kier alpha value is -2.24. The van der Waals surface area contributed by atoms with Crippen molar-refractivity contribution in [3.63, 3.8) is 0 Å². The van der Waals surface area contributed by atoms with E-state index in [1.54, 1.807) is 36.4 Å². The highest BCUT2D eigenvalue weighted by molar-refractivity contribution is 7.89. The summed E-state index contributed by atoms with van der Waals surface area (Å²) in [5.41, 5.74) is 0.976. The molecule has 2 aromatic carbocycles. The van der Waals surface area contributed by atoms with E-state index in [4.69, 9.17) is 27.9 Å². The zero-order valence-electron chi connectivity index (χ0n) is 16.3. The molecule has 8 nitrogen and oxygen atoms in total. The van der Waals surface area contributed by atoms with Crippen molar-refractivity contribution in [3.8, 4) is 5.75 Å². The highest BCUT2D eigenvalue weighted by Crippen LogP contribution is 2.27. The minimum Gasteiger partial charge on any atom is -0.482 e. The van der Waals surface area contributed by atoms with Crippen LogP contribution in [-0.2, 0) is 21.2 Å². The van der Waals surface area contributed by atoms with Crippen molar-refractivity contribution in [3.05, 3.63) is 63.1 Å². The van der Waals surface area contributed by atoms with Crippen LogP contribution in [0.5, 0.6) is 5.75 Å². The number of benzene rings is 2. The van der Waals surface area contributed by atoms with Crippen LogP contribution >= 0.6 is 34.5 Å². The van der Waals surface area contributed by atoms with Gasteiger partial charge in [0, 0.05) is 18.0 Å². The average Bonchev–Trinajstić information content (AvgIpc) is 3.14. The van der Waals surface area contributed by atoms with Gasteiger partial charge in [0.1, 0.15) is 10.8 Å². The standard InChI is InChI=1S/C19H18Cl2N4O4S2/c1-12-2-5-14(6-3-12)31(27,28)22-9-8-18-24-25-19(30-18)23-17(26)11-29-16-7-4-13(20)10-15(16)21/h2-7,10,22H,8-9,11H2,1H3,(H,23,25,26). The van der Waals surface area contributed by atoms with Gasteiger partial charge in [0.05, 0.1) is 9.92 Å². The molecule has 0 saturated carbocycles. The smallest absolute Gasteiger partial charge is 0.264 e. The molecule has 31 heavy (non-hydrogen) atoms. The van der Waals surface area contributed by atoms with E-state index in [0.717, 1.165) is 16.9 Å². The number of carbonyl (C=O) groups excluding carboxylic acids is 1. The highest BCUT2D eigenvalue weighted by atomic mass is 35.5. The summed E-state index contributed by atoms with van der Waals surface area (Å²) in [6.07, 6.45) is 0.329. The number of nitrogens with one attached hydrogen (secondary N) is 2. The van der Waals surface area contributed by atoms with Crippen LogP contribution in [0.2, 0.25) is 10.0 Å². The molecule has 0 aliphatic carbocycles. The summed E-state index contributed by atoms with van der Waals surface area (Å²) < 4.78 is 32.5. The number of nitrogens with zero attached hydrogens (tertiary/aromatic N) is 2. The number of carbonyl (C=O) groups is 1. The molecule has 0 radical (unpaired) electrons. The monoisotopic (exact) mass is 500 g/mol. The first-order valence-electron chi connectivity index (χ1n) is 8.99. The molecule has 0 bridgehead atoms. The third-order valence-electron chi connectivity index (χ3n) is 3.93. The predicted octanol–water partition coefficient (Wildman–Crippen LogP) is 3.69. The Bertz CT molecular complexity index is 1170. The summed E-state index contributed by atoms with van der Waals surface area (Å²) in [4.78, 5) is 12.2. The number of aryl methyl sites for hydroxylation is 1. The molecule has 2 N–H and O–H groups in total. The minimum absolute atomic E-state index is 0.150. The van der Waals surface area contributed by atoms with Crippen LogP contribution in [0.3, 0.4) is 0 Å². The normalized spacial score (nSPS) is 11.3. The van der Waals surface area contributed by atoms with Crippen molar-refractivity contribution in [1.29, 1.82) is 0 Å². The lowest BCUT2D eigenvalue weighted by molar-refractivity contribution is -0.118. The number of hydrogen-bond acceptors (Lipinski definition) is 7. The van der Waals surface area contributed by atoms with E-state index in [1.807, 2.05) is 6.92 Å². The van der Waals surface area contributed by atoms with E-state index < -0.39 is 15.9 Å². The van der Waals surface area contributed by atoms with Crippen LogP contribution in [0.1, 0.15) is 10.6 Å². The zero-order chi connectivity index (χ0) is 22.4. The third kappa shape index (κ3) is 6.88. The summed E-state index contributed by atoms with van der Waals surface area (Å²) in [5, 5.41) is 12.0. The van der Waals surface area contributed by atoms with E-state index in [0.29, 0.717) is 27.2 Å². The number of aromatic nitrogens is 2. The molecule has 1 amide bonds. The fourth-order valence-electron chi connectivity index (χ4n) is 2.39. The maximum absolute atomic E-state index is 12.3. The number of amides is 1. The van der Waals surface area contributed by atoms with Crippen LogP contribution in [0.4, 0.5) is 5.13 Å². The molecule has 0 spiro atoms. The molecule has 0 unspecified atom stereocenters. The van der Waals surface area contributed by atoms with Crippen molar-refractivity contribution in [2.24, 2.45) is 0 Å². The summed E-state index contributed by atoms with van der Waals surface area (Å²) in [6, 6.07) is 11.3. The number of ether oxygens (including phenoxy) is 1. The lowest BCUT2D eigenvalue weighted by Gasteiger charge is -2.07. The first kappa shape index (κ1) is 23.4. The number of rotatable bonds is 9. The molecule has 0 saturated heterocycles. The van der Waals surface area contributed by atoms with Crippen molar-refractivity contribution in [1.82, 2.24) is 14.9 Å². The summed E-state index contributed by atoms with van der Waals surface area (Å²) in [7, 11) is -3.60. The quantitative estimate of drug-likeness (QED) is 0.463. The Kier molecular flexibility index (Phi) is 7.84. The summed E-state index contributed by atoms with van der Waals surface area (Å²) in [5.74, 6) is -0.103. The van der Waals surface area contributed by atoms with Gasteiger partial charge in [-0.25, -0.2) is 13.1 Å². The molecule has 0 atom stereocenters. The van der Waals surface area contributed by atoms with Crippen LogP contribution < -0.4 is 14.8 Å². The molecular weight excluding hydrogens is 483 g/mol. The molecule has 0 aliphatic heterocycles. The lowest BCUT2D eigenvalue weighted by Crippen LogP contribution is -2.25. The second-order valence-electron chi connectivity index (χ2n) is 6.37. The molecule has 1 heterocycles. The number of sulfonamides is 1. The van der Waals surface area contributed by atoms with E-state index in [1.165, 1.54) is 6.07 Å². The predicted molar refractivity (Wildman–Crippen MR) is 121 cm³/mol. The fraction of sp³-hybridized carbons (Fsp3) is 0.211. The van der Waals surface area contributed by atoms with Crippen molar-refractivity contribution in [2.45, 2.75) is 18.2 Å². The maximum atomic E-state index is 12.3. The molecular formula is C19H18Cl2N4O4S2.